The fourth-order valence-electron chi connectivity index (χ4n) is 1.48. The molecule has 0 amide bonds. The Balaban J connectivity index is 2.13. The zero-order valence-electron chi connectivity index (χ0n) is 9.11. The highest BCUT2D eigenvalue weighted by atomic mass is 16.6. The topological polar surface area (TPSA) is 61.0 Å². The van der Waals surface area contributed by atoms with Crippen LogP contribution in [-0.2, 0) is 6.54 Å². The van der Waals surface area contributed by atoms with E-state index in [9.17, 15) is 10.1 Å². The van der Waals surface area contributed by atoms with Crippen LogP contribution in [0.1, 0.15) is 11.1 Å². The molecule has 1 aromatic heterocycles. The quantitative estimate of drug-likeness (QED) is 0.597. The molecule has 0 aliphatic rings. The number of hydrogen-bond donors (Lipinski definition) is 0. The molecule has 0 fully saturated rings. The van der Waals surface area contributed by atoms with E-state index in [-0.39, 0.29) is 5.69 Å². The highest BCUT2D eigenvalue weighted by Gasteiger charge is 2.08. The second kappa shape index (κ2) is 4.61. The van der Waals surface area contributed by atoms with E-state index in [0.717, 1.165) is 11.1 Å². The van der Waals surface area contributed by atoms with Crippen molar-refractivity contribution in [2.45, 2.75) is 6.54 Å². The summed E-state index contributed by atoms with van der Waals surface area (Å²) in [6.45, 7) is 4.19. The molecule has 0 N–H and O–H groups in total. The zero-order chi connectivity index (χ0) is 12.3. The Morgan fingerprint density at radius 3 is 2.65 bits per heavy atom. The molecule has 5 heteroatoms. The Labute approximate surface area is 98.2 Å². The van der Waals surface area contributed by atoms with E-state index in [1.54, 1.807) is 10.8 Å². The van der Waals surface area contributed by atoms with E-state index in [1.165, 1.54) is 12.4 Å². The molecule has 0 aliphatic heterocycles. The summed E-state index contributed by atoms with van der Waals surface area (Å²) in [5, 5.41) is 14.4. The Hall–Kier alpha value is -2.43. The summed E-state index contributed by atoms with van der Waals surface area (Å²) in [7, 11) is 0. The second-order valence-corrected chi connectivity index (χ2v) is 3.60. The monoisotopic (exact) mass is 229 g/mol. The summed E-state index contributed by atoms with van der Waals surface area (Å²) in [5.41, 5.74) is 2.08. The van der Waals surface area contributed by atoms with Gasteiger partial charge in [-0.05, 0) is 11.1 Å². The SMILES string of the molecule is C=Cc1ccc(Cn2cc([N+](=O)[O-])cn2)cc1. The molecule has 86 valence electrons. The van der Waals surface area contributed by atoms with Crippen LogP contribution in [-0.4, -0.2) is 14.7 Å². The van der Waals surface area contributed by atoms with E-state index in [2.05, 4.69) is 11.7 Å². The molecular weight excluding hydrogens is 218 g/mol. The zero-order valence-corrected chi connectivity index (χ0v) is 9.11. The van der Waals surface area contributed by atoms with E-state index < -0.39 is 4.92 Å². The molecule has 0 radical (unpaired) electrons. The summed E-state index contributed by atoms with van der Waals surface area (Å²) >= 11 is 0. The molecule has 1 aromatic carbocycles. The van der Waals surface area contributed by atoms with Gasteiger partial charge in [-0.3, -0.25) is 14.8 Å². The van der Waals surface area contributed by atoms with Crippen LogP contribution in [0.5, 0.6) is 0 Å². The molecule has 0 bridgehead atoms. The lowest BCUT2D eigenvalue weighted by molar-refractivity contribution is -0.385. The van der Waals surface area contributed by atoms with Crippen molar-refractivity contribution in [3.63, 3.8) is 0 Å². The summed E-state index contributed by atoms with van der Waals surface area (Å²) in [5.74, 6) is 0. The van der Waals surface area contributed by atoms with Crippen molar-refractivity contribution in [2.75, 3.05) is 0 Å². The van der Waals surface area contributed by atoms with Gasteiger partial charge in [-0.15, -0.1) is 0 Å². The van der Waals surface area contributed by atoms with Crippen molar-refractivity contribution < 1.29 is 4.92 Å². The highest BCUT2D eigenvalue weighted by molar-refractivity contribution is 5.47. The first kappa shape index (κ1) is 11.1. The van der Waals surface area contributed by atoms with E-state index in [4.69, 9.17) is 0 Å². The number of rotatable bonds is 4. The maximum atomic E-state index is 10.5. The average Bonchev–Trinajstić information content (AvgIpc) is 2.79. The number of aromatic nitrogens is 2. The average molecular weight is 229 g/mol. The normalized spacial score (nSPS) is 10.1. The van der Waals surface area contributed by atoms with Crippen molar-refractivity contribution in [3.05, 3.63) is 64.5 Å². The fraction of sp³-hybridized carbons (Fsp3) is 0.0833. The summed E-state index contributed by atoms with van der Waals surface area (Å²) < 4.78 is 1.54. The summed E-state index contributed by atoms with van der Waals surface area (Å²) in [4.78, 5) is 10.0. The van der Waals surface area contributed by atoms with Crippen LogP contribution in [0.15, 0.2) is 43.2 Å². The van der Waals surface area contributed by atoms with Crippen LogP contribution < -0.4 is 0 Å². The van der Waals surface area contributed by atoms with Gasteiger partial charge in [-0.25, -0.2) is 0 Å². The molecule has 2 aromatic rings. The Bertz CT molecular complexity index is 543. The molecule has 0 spiro atoms. The van der Waals surface area contributed by atoms with E-state index in [1.807, 2.05) is 24.3 Å². The van der Waals surface area contributed by atoms with Crippen molar-refractivity contribution in [1.82, 2.24) is 9.78 Å². The smallest absolute Gasteiger partial charge is 0.261 e. The third-order valence-corrected chi connectivity index (χ3v) is 2.39. The van der Waals surface area contributed by atoms with E-state index in [0.29, 0.717) is 6.54 Å². The third-order valence-electron chi connectivity index (χ3n) is 2.39. The van der Waals surface area contributed by atoms with Gasteiger partial charge in [0, 0.05) is 0 Å². The molecule has 5 nitrogen and oxygen atoms in total. The largest absolute Gasteiger partial charge is 0.307 e. The second-order valence-electron chi connectivity index (χ2n) is 3.60. The first-order valence-electron chi connectivity index (χ1n) is 5.07. The first-order valence-corrected chi connectivity index (χ1v) is 5.07. The van der Waals surface area contributed by atoms with Gasteiger partial charge >= 0.3 is 5.69 Å². The third kappa shape index (κ3) is 2.57. The molecule has 2 rings (SSSR count). The number of nitrogens with zero attached hydrogens (tertiary/aromatic N) is 3. The lowest BCUT2D eigenvalue weighted by Gasteiger charge is -2.01. The molecule has 1 heterocycles. The van der Waals surface area contributed by atoms with Crippen LogP contribution in [0, 0.1) is 10.1 Å². The molecule has 0 atom stereocenters. The molecular formula is C12H11N3O2. The van der Waals surface area contributed by atoms with Crippen LogP contribution in [0.2, 0.25) is 0 Å². The standard InChI is InChI=1S/C12H11N3O2/c1-2-10-3-5-11(6-4-10)8-14-9-12(7-13-14)15(16)17/h2-7,9H,1,8H2. The molecule has 0 saturated carbocycles. The Kier molecular flexibility index (Phi) is 3.00. The van der Waals surface area contributed by atoms with Gasteiger partial charge in [0.05, 0.1) is 11.5 Å². The number of benzene rings is 1. The highest BCUT2D eigenvalue weighted by Crippen LogP contribution is 2.11. The molecule has 17 heavy (non-hydrogen) atoms. The predicted molar refractivity (Wildman–Crippen MR) is 64.5 cm³/mol. The van der Waals surface area contributed by atoms with E-state index >= 15 is 0 Å². The van der Waals surface area contributed by atoms with Crippen LogP contribution >= 0.6 is 0 Å². The number of hydrogen-bond acceptors (Lipinski definition) is 3. The van der Waals surface area contributed by atoms with Crippen molar-refractivity contribution in [3.8, 4) is 0 Å². The van der Waals surface area contributed by atoms with Crippen LogP contribution in [0.4, 0.5) is 5.69 Å². The van der Waals surface area contributed by atoms with Gasteiger partial charge in [0.1, 0.15) is 12.4 Å². The maximum Gasteiger partial charge on any atom is 0.307 e. The molecule has 0 saturated heterocycles. The number of nitro groups is 1. The van der Waals surface area contributed by atoms with Gasteiger partial charge in [0.2, 0.25) is 0 Å². The van der Waals surface area contributed by atoms with Crippen molar-refractivity contribution >= 4 is 11.8 Å². The van der Waals surface area contributed by atoms with Gasteiger partial charge in [0.15, 0.2) is 0 Å². The lowest BCUT2D eigenvalue weighted by Crippen LogP contribution is -1.99. The maximum absolute atomic E-state index is 10.5. The minimum Gasteiger partial charge on any atom is -0.261 e. The van der Waals surface area contributed by atoms with Crippen LogP contribution in [0.25, 0.3) is 6.08 Å². The molecule has 0 aliphatic carbocycles. The minimum atomic E-state index is -0.454. The van der Waals surface area contributed by atoms with Gasteiger partial charge in [-0.2, -0.15) is 5.10 Å². The van der Waals surface area contributed by atoms with Gasteiger partial charge < -0.3 is 0 Å². The Morgan fingerprint density at radius 2 is 2.12 bits per heavy atom. The van der Waals surface area contributed by atoms with Gasteiger partial charge in [-0.1, -0.05) is 36.9 Å². The van der Waals surface area contributed by atoms with Crippen molar-refractivity contribution in [1.29, 1.82) is 0 Å². The fourth-order valence-corrected chi connectivity index (χ4v) is 1.48. The Morgan fingerprint density at radius 1 is 1.41 bits per heavy atom. The van der Waals surface area contributed by atoms with Gasteiger partial charge in [0.25, 0.3) is 0 Å². The van der Waals surface area contributed by atoms with Crippen LogP contribution in [0.3, 0.4) is 0 Å². The van der Waals surface area contributed by atoms with Crippen molar-refractivity contribution in [2.24, 2.45) is 0 Å². The summed E-state index contributed by atoms with van der Waals surface area (Å²) in [6, 6.07) is 7.79. The molecule has 0 unspecified atom stereocenters. The first-order chi connectivity index (χ1) is 8.19. The minimum absolute atomic E-state index is 0.00714. The lowest BCUT2D eigenvalue weighted by atomic mass is 10.1. The summed E-state index contributed by atoms with van der Waals surface area (Å²) in [6.07, 6.45) is 4.43. The predicted octanol–water partition coefficient (Wildman–Crippen LogP) is 2.48.